The quantitative estimate of drug-likeness (QED) is 0.813. The van der Waals surface area contributed by atoms with E-state index in [9.17, 15) is 5.11 Å². The Morgan fingerprint density at radius 3 is 2.61 bits per heavy atom. The van der Waals surface area contributed by atoms with Crippen molar-refractivity contribution in [3.8, 4) is 0 Å². The van der Waals surface area contributed by atoms with Gasteiger partial charge in [-0.15, -0.1) is 0 Å². The molecule has 0 saturated heterocycles. The third-order valence-electron chi connectivity index (χ3n) is 2.40. The van der Waals surface area contributed by atoms with Crippen LogP contribution in [0, 0.1) is 0 Å². The van der Waals surface area contributed by atoms with Gasteiger partial charge in [0, 0.05) is 19.1 Å². The monoisotopic (exact) mass is 257 g/mol. The summed E-state index contributed by atoms with van der Waals surface area (Å²) in [5.74, 6) is 1.26. The summed E-state index contributed by atoms with van der Waals surface area (Å²) in [7, 11) is 3.46. The second-order valence-corrected chi connectivity index (χ2v) is 5.57. The molecule has 0 saturated carbocycles. The van der Waals surface area contributed by atoms with Crippen LogP contribution < -0.4 is 0 Å². The van der Waals surface area contributed by atoms with Gasteiger partial charge in [0.25, 0.3) is 0 Å². The smallest absolute Gasteiger partial charge is 0.232 e. The van der Waals surface area contributed by atoms with Crippen molar-refractivity contribution in [2.24, 2.45) is 0 Å². The number of hydrogen-bond donors (Lipinski definition) is 1. The molecule has 1 aromatic heterocycles. The summed E-state index contributed by atoms with van der Waals surface area (Å²) in [6.07, 6.45) is -0.506. The molecule has 18 heavy (non-hydrogen) atoms. The zero-order valence-electron chi connectivity index (χ0n) is 11.8. The first-order chi connectivity index (χ1) is 8.32. The van der Waals surface area contributed by atoms with Crippen molar-refractivity contribution in [1.82, 2.24) is 15.0 Å². The number of aliphatic hydroxyl groups excluding tert-OH is 1. The summed E-state index contributed by atoms with van der Waals surface area (Å²) in [5.41, 5.74) is -0.139. The SMILES string of the molecule is COCC(O)CN(C)Cc1noc(C(C)(C)C)n1. The van der Waals surface area contributed by atoms with Crippen LogP contribution in [-0.4, -0.2) is 53.6 Å². The fraction of sp³-hybridized carbons (Fsp3) is 0.833. The maximum absolute atomic E-state index is 9.60. The van der Waals surface area contributed by atoms with E-state index < -0.39 is 6.10 Å². The van der Waals surface area contributed by atoms with Gasteiger partial charge in [-0.1, -0.05) is 25.9 Å². The van der Waals surface area contributed by atoms with Crippen molar-refractivity contribution in [3.63, 3.8) is 0 Å². The van der Waals surface area contributed by atoms with Crippen LogP contribution in [-0.2, 0) is 16.7 Å². The molecule has 1 N–H and O–H groups in total. The lowest BCUT2D eigenvalue weighted by Crippen LogP contribution is -2.31. The summed E-state index contributed by atoms with van der Waals surface area (Å²) in [5, 5.41) is 13.5. The van der Waals surface area contributed by atoms with E-state index in [1.807, 2.05) is 32.7 Å². The molecule has 0 aliphatic carbocycles. The van der Waals surface area contributed by atoms with Gasteiger partial charge in [0.2, 0.25) is 5.89 Å². The van der Waals surface area contributed by atoms with E-state index in [0.717, 1.165) is 0 Å². The van der Waals surface area contributed by atoms with Crippen molar-refractivity contribution >= 4 is 0 Å². The molecule has 0 aromatic carbocycles. The molecule has 0 bridgehead atoms. The average molecular weight is 257 g/mol. The molecule has 1 atom stereocenters. The summed E-state index contributed by atoms with van der Waals surface area (Å²) in [6.45, 7) is 7.44. The average Bonchev–Trinajstić information content (AvgIpc) is 2.65. The summed E-state index contributed by atoms with van der Waals surface area (Å²) in [4.78, 5) is 6.27. The molecule has 0 aliphatic rings. The molecule has 6 nitrogen and oxygen atoms in total. The first-order valence-corrected chi connectivity index (χ1v) is 6.01. The Morgan fingerprint density at radius 1 is 1.44 bits per heavy atom. The van der Waals surface area contributed by atoms with Gasteiger partial charge in [-0.2, -0.15) is 4.98 Å². The molecule has 0 amide bonds. The van der Waals surface area contributed by atoms with Gasteiger partial charge >= 0.3 is 0 Å². The van der Waals surface area contributed by atoms with Crippen molar-refractivity contribution in [3.05, 3.63) is 11.7 Å². The Morgan fingerprint density at radius 2 is 2.11 bits per heavy atom. The lowest BCUT2D eigenvalue weighted by molar-refractivity contribution is 0.0413. The van der Waals surface area contributed by atoms with Crippen LogP contribution in [0.4, 0.5) is 0 Å². The van der Waals surface area contributed by atoms with Gasteiger partial charge in [0.1, 0.15) is 0 Å². The minimum absolute atomic E-state index is 0.139. The molecular formula is C12H23N3O3. The van der Waals surface area contributed by atoms with E-state index in [4.69, 9.17) is 9.26 Å². The van der Waals surface area contributed by atoms with Gasteiger partial charge < -0.3 is 14.4 Å². The van der Waals surface area contributed by atoms with E-state index in [1.165, 1.54) is 0 Å². The minimum Gasteiger partial charge on any atom is -0.389 e. The highest BCUT2D eigenvalue weighted by molar-refractivity contribution is 4.98. The minimum atomic E-state index is -0.506. The number of nitrogens with zero attached hydrogens (tertiary/aromatic N) is 3. The number of hydrogen-bond acceptors (Lipinski definition) is 6. The van der Waals surface area contributed by atoms with Gasteiger partial charge in [0.05, 0.1) is 19.3 Å². The van der Waals surface area contributed by atoms with Crippen LogP contribution in [0.15, 0.2) is 4.52 Å². The summed E-state index contributed by atoms with van der Waals surface area (Å²) >= 11 is 0. The van der Waals surface area contributed by atoms with E-state index >= 15 is 0 Å². The van der Waals surface area contributed by atoms with Crippen LogP contribution >= 0.6 is 0 Å². The Labute approximate surface area is 108 Å². The zero-order valence-corrected chi connectivity index (χ0v) is 11.8. The van der Waals surface area contributed by atoms with E-state index in [0.29, 0.717) is 31.4 Å². The first-order valence-electron chi connectivity index (χ1n) is 6.01. The lowest BCUT2D eigenvalue weighted by Gasteiger charge is -2.18. The third-order valence-corrected chi connectivity index (χ3v) is 2.40. The standard InChI is InChI=1S/C12H23N3O3/c1-12(2,3)11-13-10(14-18-11)7-15(4)6-9(16)8-17-5/h9,16H,6-8H2,1-5H3. The van der Waals surface area contributed by atoms with E-state index in [1.54, 1.807) is 7.11 Å². The van der Waals surface area contributed by atoms with E-state index in [2.05, 4.69) is 10.1 Å². The fourth-order valence-corrected chi connectivity index (χ4v) is 1.53. The van der Waals surface area contributed by atoms with Crippen molar-refractivity contribution in [2.45, 2.75) is 38.8 Å². The molecular weight excluding hydrogens is 234 g/mol. The highest BCUT2D eigenvalue weighted by atomic mass is 16.5. The van der Waals surface area contributed by atoms with Crippen LogP contribution in [0.2, 0.25) is 0 Å². The highest BCUT2D eigenvalue weighted by Gasteiger charge is 2.22. The van der Waals surface area contributed by atoms with Gasteiger partial charge in [-0.25, -0.2) is 0 Å². The Kier molecular flexibility index (Phi) is 5.25. The van der Waals surface area contributed by atoms with Gasteiger partial charge in [-0.3, -0.25) is 4.90 Å². The largest absolute Gasteiger partial charge is 0.389 e. The van der Waals surface area contributed by atoms with Gasteiger partial charge in [-0.05, 0) is 7.05 Å². The molecule has 6 heteroatoms. The first kappa shape index (κ1) is 15.1. The fourth-order valence-electron chi connectivity index (χ4n) is 1.53. The van der Waals surface area contributed by atoms with Crippen molar-refractivity contribution in [2.75, 3.05) is 27.3 Å². The number of aliphatic hydroxyl groups is 1. The zero-order chi connectivity index (χ0) is 13.8. The predicted molar refractivity (Wildman–Crippen MR) is 67.2 cm³/mol. The Bertz CT molecular complexity index is 360. The second kappa shape index (κ2) is 6.26. The Balaban J connectivity index is 2.49. The summed E-state index contributed by atoms with van der Waals surface area (Å²) < 4.78 is 10.1. The van der Waals surface area contributed by atoms with Crippen LogP contribution in [0.5, 0.6) is 0 Å². The molecule has 0 radical (unpaired) electrons. The molecule has 0 aliphatic heterocycles. The van der Waals surface area contributed by atoms with Crippen LogP contribution in [0.1, 0.15) is 32.5 Å². The second-order valence-electron chi connectivity index (χ2n) is 5.57. The number of rotatable bonds is 6. The molecule has 0 fully saturated rings. The number of ether oxygens (including phenoxy) is 1. The maximum atomic E-state index is 9.60. The Hall–Kier alpha value is -0.980. The van der Waals surface area contributed by atoms with Crippen molar-refractivity contribution < 1.29 is 14.4 Å². The lowest BCUT2D eigenvalue weighted by atomic mass is 9.97. The maximum Gasteiger partial charge on any atom is 0.232 e. The molecule has 1 heterocycles. The number of methoxy groups -OCH3 is 1. The number of likely N-dealkylation sites (N-methyl/N-ethyl adjacent to an activating group) is 1. The molecule has 1 rings (SSSR count). The van der Waals surface area contributed by atoms with Crippen LogP contribution in [0.3, 0.4) is 0 Å². The van der Waals surface area contributed by atoms with Crippen molar-refractivity contribution in [1.29, 1.82) is 0 Å². The summed E-state index contributed by atoms with van der Waals surface area (Å²) in [6, 6.07) is 0. The molecule has 1 aromatic rings. The number of aromatic nitrogens is 2. The molecule has 104 valence electrons. The van der Waals surface area contributed by atoms with E-state index in [-0.39, 0.29) is 5.41 Å². The van der Waals surface area contributed by atoms with Crippen LogP contribution in [0.25, 0.3) is 0 Å². The third kappa shape index (κ3) is 4.72. The molecule has 0 spiro atoms. The van der Waals surface area contributed by atoms with Gasteiger partial charge in [0.15, 0.2) is 5.82 Å². The normalized spacial score (nSPS) is 14.2. The topological polar surface area (TPSA) is 71.6 Å². The molecule has 1 unspecified atom stereocenters. The predicted octanol–water partition coefficient (Wildman–Crippen LogP) is 0.806. The highest BCUT2D eigenvalue weighted by Crippen LogP contribution is 2.19.